The van der Waals surface area contributed by atoms with Crippen LogP contribution >= 0.6 is 0 Å². The molecule has 2 aromatic rings. The molecule has 29 heavy (non-hydrogen) atoms. The Bertz CT molecular complexity index is 949. The second kappa shape index (κ2) is 8.38. The van der Waals surface area contributed by atoms with Gasteiger partial charge in [0.05, 0.1) is 6.54 Å². The standard InChI is InChI=1S/C21H24N2O6/c1-12-19(14(3)24)13(2)22-20(12)21(26)28-11-18(25)23(4)9-15-10-27-16-7-5-6-8-17(16)29-15/h5-8,15,22H,9-11H2,1-4H3/t15-/m0/s1. The van der Waals surface area contributed by atoms with Gasteiger partial charge in [0, 0.05) is 18.3 Å². The summed E-state index contributed by atoms with van der Waals surface area (Å²) in [6.07, 6.45) is -0.319. The molecule has 0 spiro atoms. The molecule has 0 saturated heterocycles. The Morgan fingerprint density at radius 3 is 2.55 bits per heavy atom. The maximum atomic E-state index is 12.4. The minimum Gasteiger partial charge on any atom is -0.486 e. The number of nitrogens with zero attached hydrogens (tertiary/aromatic N) is 1. The van der Waals surface area contributed by atoms with E-state index in [9.17, 15) is 14.4 Å². The maximum absolute atomic E-state index is 12.4. The number of benzene rings is 1. The van der Waals surface area contributed by atoms with E-state index in [-0.39, 0.29) is 23.5 Å². The number of fused-ring (bicyclic) bond motifs is 1. The van der Waals surface area contributed by atoms with Gasteiger partial charge in [0.25, 0.3) is 5.91 Å². The minimum atomic E-state index is -0.675. The fourth-order valence-corrected chi connectivity index (χ4v) is 3.35. The van der Waals surface area contributed by atoms with Crippen LogP contribution in [0.4, 0.5) is 0 Å². The van der Waals surface area contributed by atoms with Crippen molar-refractivity contribution in [2.45, 2.75) is 26.9 Å². The third-order valence-corrected chi connectivity index (χ3v) is 4.79. The summed E-state index contributed by atoms with van der Waals surface area (Å²) >= 11 is 0. The minimum absolute atomic E-state index is 0.137. The van der Waals surface area contributed by atoms with E-state index in [1.165, 1.54) is 11.8 Å². The van der Waals surface area contributed by atoms with Crippen molar-refractivity contribution < 1.29 is 28.6 Å². The molecule has 0 saturated carbocycles. The summed E-state index contributed by atoms with van der Waals surface area (Å²) in [5.41, 5.74) is 1.77. The Morgan fingerprint density at radius 2 is 1.90 bits per heavy atom. The lowest BCUT2D eigenvalue weighted by atomic mass is 10.1. The first-order chi connectivity index (χ1) is 13.8. The topological polar surface area (TPSA) is 97.9 Å². The van der Waals surface area contributed by atoms with E-state index in [1.807, 2.05) is 18.2 Å². The third-order valence-electron chi connectivity index (χ3n) is 4.79. The summed E-state index contributed by atoms with van der Waals surface area (Å²) in [4.78, 5) is 40.7. The second-order valence-corrected chi connectivity index (χ2v) is 7.03. The quantitative estimate of drug-likeness (QED) is 0.590. The molecule has 0 bridgehead atoms. The van der Waals surface area contributed by atoms with E-state index in [2.05, 4.69) is 4.98 Å². The second-order valence-electron chi connectivity index (χ2n) is 7.03. The van der Waals surface area contributed by atoms with Gasteiger partial charge >= 0.3 is 5.97 Å². The Morgan fingerprint density at radius 1 is 1.21 bits per heavy atom. The molecule has 8 heteroatoms. The van der Waals surface area contributed by atoms with Crippen LogP contribution in [0, 0.1) is 13.8 Å². The molecule has 1 atom stereocenters. The first-order valence-corrected chi connectivity index (χ1v) is 9.27. The van der Waals surface area contributed by atoms with Gasteiger partial charge in [-0.1, -0.05) is 12.1 Å². The smallest absolute Gasteiger partial charge is 0.355 e. The number of hydrogen-bond acceptors (Lipinski definition) is 6. The number of H-pyrrole nitrogens is 1. The van der Waals surface area contributed by atoms with Crippen molar-refractivity contribution in [3.8, 4) is 11.5 Å². The molecule has 1 aromatic carbocycles. The molecule has 3 rings (SSSR count). The van der Waals surface area contributed by atoms with Gasteiger partial charge in [0.2, 0.25) is 0 Å². The van der Waals surface area contributed by atoms with Crippen LogP contribution < -0.4 is 9.47 Å². The molecular weight excluding hydrogens is 376 g/mol. The van der Waals surface area contributed by atoms with E-state index in [1.54, 1.807) is 27.0 Å². The first kappa shape index (κ1) is 20.4. The van der Waals surface area contributed by atoms with Gasteiger partial charge < -0.3 is 24.1 Å². The van der Waals surface area contributed by atoms with Crippen LogP contribution in [-0.4, -0.2) is 60.5 Å². The average Bonchev–Trinajstić information content (AvgIpc) is 3.00. The van der Waals surface area contributed by atoms with Crippen LogP contribution in [0.3, 0.4) is 0 Å². The lowest BCUT2D eigenvalue weighted by Crippen LogP contribution is -2.43. The molecule has 1 aliphatic heterocycles. The number of aryl methyl sites for hydroxylation is 1. The molecule has 2 heterocycles. The number of aromatic amines is 1. The molecule has 1 aromatic heterocycles. The van der Waals surface area contributed by atoms with Crippen molar-refractivity contribution >= 4 is 17.7 Å². The number of para-hydroxylation sites is 2. The fraction of sp³-hybridized carbons (Fsp3) is 0.381. The number of amides is 1. The van der Waals surface area contributed by atoms with Crippen molar-refractivity contribution in [2.75, 3.05) is 26.8 Å². The van der Waals surface area contributed by atoms with Gasteiger partial charge in [-0.3, -0.25) is 9.59 Å². The molecule has 1 N–H and O–H groups in total. The predicted molar refractivity (Wildman–Crippen MR) is 105 cm³/mol. The van der Waals surface area contributed by atoms with Crippen LogP contribution in [0.1, 0.15) is 39.0 Å². The maximum Gasteiger partial charge on any atom is 0.355 e. The monoisotopic (exact) mass is 400 g/mol. The number of esters is 1. The van der Waals surface area contributed by atoms with E-state index < -0.39 is 12.6 Å². The van der Waals surface area contributed by atoms with Crippen molar-refractivity contribution in [2.24, 2.45) is 0 Å². The lowest BCUT2D eigenvalue weighted by molar-refractivity contribution is -0.134. The third kappa shape index (κ3) is 4.42. The highest BCUT2D eigenvalue weighted by molar-refractivity contribution is 6.01. The van der Waals surface area contributed by atoms with Crippen LogP contribution in [0.5, 0.6) is 11.5 Å². The van der Waals surface area contributed by atoms with Gasteiger partial charge in [-0.25, -0.2) is 4.79 Å². The number of aromatic nitrogens is 1. The Kier molecular flexibility index (Phi) is 5.91. The Labute approximate surface area is 168 Å². The molecule has 0 aliphatic carbocycles. The molecule has 0 unspecified atom stereocenters. The summed E-state index contributed by atoms with van der Waals surface area (Å²) in [6.45, 7) is 5.02. The lowest BCUT2D eigenvalue weighted by Gasteiger charge is -2.29. The molecule has 1 aliphatic rings. The van der Waals surface area contributed by atoms with Gasteiger partial charge in [-0.05, 0) is 38.5 Å². The van der Waals surface area contributed by atoms with E-state index in [4.69, 9.17) is 14.2 Å². The number of rotatable bonds is 6. The highest BCUT2D eigenvalue weighted by Crippen LogP contribution is 2.30. The number of likely N-dealkylation sites (N-methyl/N-ethyl adjacent to an activating group) is 1. The largest absolute Gasteiger partial charge is 0.486 e. The molecule has 1 amide bonds. The van der Waals surface area contributed by atoms with E-state index in [0.29, 0.717) is 41.5 Å². The summed E-state index contributed by atoms with van der Waals surface area (Å²) in [5, 5.41) is 0. The van der Waals surface area contributed by atoms with E-state index >= 15 is 0 Å². The Hall–Kier alpha value is -3.29. The number of ether oxygens (including phenoxy) is 3. The van der Waals surface area contributed by atoms with Crippen LogP contribution in [0.25, 0.3) is 0 Å². The summed E-state index contributed by atoms with van der Waals surface area (Å²) in [6, 6.07) is 7.34. The number of ketones is 1. The molecular formula is C21H24N2O6. The van der Waals surface area contributed by atoms with Gasteiger partial charge in [-0.15, -0.1) is 0 Å². The first-order valence-electron chi connectivity index (χ1n) is 9.27. The zero-order valence-corrected chi connectivity index (χ0v) is 16.9. The summed E-state index contributed by atoms with van der Waals surface area (Å²) in [5.74, 6) is 0.130. The molecule has 0 fully saturated rings. The number of hydrogen-bond donors (Lipinski definition) is 1. The molecule has 8 nitrogen and oxygen atoms in total. The SMILES string of the molecule is CC(=O)c1c(C)[nH]c(C(=O)OCC(=O)N(C)C[C@H]2COc3ccccc3O2)c1C. The van der Waals surface area contributed by atoms with Crippen molar-refractivity contribution in [3.63, 3.8) is 0 Å². The highest BCUT2D eigenvalue weighted by atomic mass is 16.6. The van der Waals surface area contributed by atoms with E-state index in [0.717, 1.165) is 0 Å². The zero-order valence-electron chi connectivity index (χ0n) is 16.9. The number of carbonyl (C=O) groups excluding carboxylic acids is 3. The van der Waals surface area contributed by atoms with Crippen LogP contribution in [-0.2, 0) is 9.53 Å². The number of carbonyl (C=O) groups is 3. The predicted octanol–water partition coefficient (Wildman–Crippen LogP) is 2.29. The summed E-state index contributed by atoms with van der Waals surface area (Å²) in [7, 11) is 1.61. The number of Topliss-reactive ketones (excluding diaryl/α,β-unsaturated/α-hetero) is 1. The molecule has 154 valence electrons. The van der Waals surface area contributed by atoms with Crippen molar-refractivity contribution in [3.05, 3.63) is 46.8 Å². The molecule has 0 radical (unpaired) electrons. The van der Waals surface area contributed by atoms with Gasteiger partial charge in [0.15, 0.2) is 30.0 Å². The van der Waals surface area contributed by atoms with Crippen molar-refractivity contribution in [1.29, 1.82) is 0 Å². The van der Waals surface area contributed by atoms with Crippen molar-refractivity contribution in [1.82, 2.24) is 9.88 Å². The Balaban J connectivity index is 1.54. The van der Waals surface area contributed by atoms with Crippen LogP contribution in [0.2, 0.25) is 0 Å². The van der Waals surface area contributed by atoms with Gasteiger partial charge in [0.1, 0.15) is 12.3 Å². The van der Waals surface area contributed by atoms with Crippen LogP contribution in [0.15, 0.2) is 24.3 Å². The number of nitrogens with one attached hydrogen (secondary N) is 1. The summed E-state index contributed by atoms with van der Waals surface area (Å²) < 4.78 is 16.6. The average molecular weight is 400 g/mol. The highest BCUT2D eigenvalue weighted by Gasteiger charge is 2.25. The normalized spacial score (nSPS) is 15.0. The zero-order chi connectivity index (χ0) is 21.1. The van der Waals surface area contributed by atoms with Gasteiger partial charge in [-0.2, -0.15) is 0 Å². The fourth-order valence-electron chi connectivity index (χ4n) is 3.35.